The predicted octanol–water partition coefficient (Wildman–Crippen LogP) is 3.48. The SMILES string of the molecule is COc1cccc(N(CCCC(=O)Nc2nnc(SCC(C)C)s2)S(C)(=O)=O)c1. The molecular weight excluding hydrogens is 432 g/mol. The zero-order valence-corrected chi connectivity index (χ0v) is 19.4. The normalized spacial score (nSPS) is 11.5. The number of aromatic nitrogens is 2. The van der Waals surface area contributed by atoms with Crippen LogP contribution in [0.3, 0.4) is 0 Å². The van der Waals surface area contributed by atoms with E-state index in [0.717, 1.165) is 16.3 Å². The number of amides is 1. The number of anilines is 2. The van der Waals surface area contributed by atoms with Gasteiger partial charge in [0.15, 0.2) is 4.34 Å². The zero-order valence-electron chi connectivity index (χ0n) is 16.9. The van der Waals surface area contributed by atoms with Gasteiger partial charge in [0.05, 0.1) is 19.1 Å². The Morgan fingerprint density at radius 2 is 2.10 bits per heavy atom. The minimum atomic E-state index is -3.49. The summed E-state index contributed by atoms with van der Waals surface area (Å²) >= 11 is 2.95. The summed E-state index contributed by atoms with van der Waals surface area (Å²) in [7, 11) is -1.96. The molecule has 0 radical (unpaired) electrons. The van der Waals surface area contributed by atoms with E-state index >= 15 is 0 Å². The third-order valence-electron chi connectivity index (χ3n) is 3.70. The van der Waals surface area contributed by atoms with Gasteiger partial charge in [-0.3, -0.25) is 9.10 Å². The lowest BCUT2D eigenvalue weighted by Crippen LogP contribution is -2.31. The van der Waals surface area contributed by atoms with E-state index in [1.54, 1.807) is 36.0 Å². The highest BCUT2D eigenvalue weighted by Crippen LogP contribution is 2.27. The number of methoxy groups -OCH3 is 1. The van der Waals surface area contributed by atoms with Gasteiger partial charge in [0.1, 0.15) is 5.75 Å². The highest BCUT2D eigenvalue weighted by Gasteiger charge is 2.18. The van der Waals surface area contributed by atoms with Crippen LogP contribution in [0.2, 0.25) is 0 Å². The fourth-order valence-electron chi connectivity index (χ4n) is 2.37. The molecule has 0 spiro atoms. The second kappa shape index (κ2) is 10.8. The van der Waals surface area contributed by atoms with Gasteiger partial charge in [0.25, 0.3) is 0 Å². The van der Waals surface area contributed by atoms with Gasteiger partial charge in [-0.25, -0.2) is 8.42 Å². The molecule has 0 aliphatic heterocycles. The summed E-state index contributed by atoms with van der Waals surface area (Å²) in [6, 6.07) is 6.82. The average molecular weight is 459 g/mol. The molecule has 1 heterocycles. The summed E-state index contributed by atoms with van der Waals surface area (Å²) in [5.41, 5.74) is 0.503. The standard InChI is InChI=1S/C18H26N4O4S3/c1-13(2)12-27-18-21-20-17(28-18)19-16(23)9-6-10-22(29(4,24)25)14-7-5-8-15(11-14)26-3/h5,7-8,11,13H,6,9-10,12H2,1-4H3,(H,19,20,23). The molecule has 8 nitrogen and oxygen atoms in total. The summed E-state index contributed by atoms with van der Waals surface area (Å²) in [5.74, 6) is 1.83. The van der Waals surface area contributed by atoms with E-state index in [1.165, 1.54) is 22.8 Å². The summed E-state index contributed by atoms with van der Waals surface area (Å²) < 4.78 is 31.6. The van der Waals surface area contributed by atoms with Crippen molar-refractivity contribution in [3.05, 3.63) is 24.3 Å². The van der Waals surface area contributed by atoms with Crippen LogP contribution in [0, 0.1) is 5.92 Å². The number of hydrogen-bond donors (Lipinski definition) is 1. The van der Waals surface area contributed by atoms with E-state index in [0.29, 0.717) is 28.9 Å². The quantitative estimate of drug-likeness (QED) is 0.406. The van der Waals surface area contributed by atoms with Crippen molar-refractivity contribution in [1.29, 1.82) is 0 Å². The molecule has 1 N–H and O–H groups in total. The first-order chi connectivity index (χ1) is 13.7. The number of carbonyl (C=O) groups is 1. The van der Waals surface area contributed by atoms with Gasteiger partial charge in [-0.1, -0.05) is 43.0 Å². The number of hydrogen-bond acceptors (Lipinski definition) is 8. The first kappa shape index (κ1) is 23.4. The monoisotopic (exact) mass is 458 g/mol. The van der Waals surface area contributed by atoms with Crippen molar-refractivity contribution in [2.75, 3.05) is 35.3 Å². The molecule has 0 bridgehead atoms. The first-order valence-corrected chi connectivity index (χ1v) is 12.7. The molecule has 2 rings (SSSR count). The lowest BCUT2D eigenvalue weighted by molar-refractivity contribution is -0.116. The van der Waals surface area contributed by atoms with Gasteiger partial charge in [0, 0.05) is 24.8 Å². The molecule has 1 aromatic carbocycles. The summed E-state index contributed by atoms with van der Waals surface area (Å²) in [5, 5.41) is 11.2. The van der Waals surface area contributed by atoms with Crippen LogP contribution >= 0.6 is 23.1 Å². The molecule has 1 aromatic heterocycles. The molecule has 0 saturated carbocycles. The topological polar surface area (TPSA) is 101 Å². The van der Waals surface area contributed by atoms with Crippen LogP contribution < -0.4 is 14.4 Å². The number of carbonyl (C=O) groups excluding carboxylic acids is 1. The maximum absolute atomic E-state index is 12.2. The summed E-state index contributed by atoms with van der Waals surface area (Å²) in [6.45, 7) is 4.44. The number of rotatable bonds is 11. The van der Waals surface area contributed by atoms with Crippen molar-refractivity contribution in [2.45, 2.75) is 31.0 Å². The van der Waals surface area contributed by atoms with E-state index in [2.05, 4.69) is 29.4 Å². The van der Waals surface area contributed by atoms with E-state index in [4.69, 9.17) is 4.74 Å². The zero-order chi connectivity index (χ0) is 21.4. The maximum atomic E-state index is 12.2. The van der Waals surface area contributed by atoms with Crippen molar-refractivity contribution >= 4 is 49.8 Å². The molecule has 0 aliphatic rings. The third-order valence-corrected chi connectivity index (χ3v) is 7.29. The number of thioether (sulfide) groups is 1. The van der Waals surface area contributed by atoms with Gasteiger partial charge < -0.3 is 10.1 Å². The molecule has 0 saturated heterocycles. The molecule has 0 unspecified atom stereocenters. The van der Waals surface area contributed by atoms with Crippen LogP contribution in [0.4, 0.5) is 10.8 Å². The van der Waals surface area contributed by atoms with Gasteiger partial charge in [-0.15, -0.1) is 10.2 Å². The van der Waals surface area contributed by atoms with Crippen LogP contribution in [0.1, 0.15) is 26.7 Å². The second-order valence-electron chi connectivity index (χ2n) is 6.77. The molecular formula is C18H26N4O4S3. The number of sulfonamides is 1. The van der Waals surface area contributed by atoms with Gasteiger partial charge in [-0.05, 0) is 24.5 Å². The van der Waals surface area contributed by atoms with Crippen LogP contribution in [0.5, 0.6) is 5.75 Å². The lowest BCUT2D eigenvalue weighted by Gasteiger charge is -2.22. The van der Waals surface area contributed by atoms with Crippen molar-refractivity contribution in [1.82, 2.24) is 10.2 Å². The van der Waals surface area contributed by atoms with Crippen LogP contribution in [-0.2, 0) is 14.8 Å². The number of benzene rings is 1. The lowest BCUT2D eigenvalue weighted by atomic mass is 10.2. The molecule has 29 heavy (non-hydrogen) atoms. The van der Waals surface area contributed by atoms with Crippen LogP contribution in [0.25, 0.3) is 0 Å². The molecule has 1 amide bonds. The van der Waals surface area contributed by atoms with E-state index in [-0.39, 0.29) is 18.9 Å². The Morgan fingerprint density at radius 3 is 2.76 bits per heavy atom. The highest BCUT2D eigenvalue weighted by molar-refractivity contribution is 8.01. The molecule has 0 aliphatic carbocycles. The molecule has 160 valence electrons. The Balaban J connectivity index is 1.89. The van der Waals surface area contributed by atoms with Crippen molar-refractivity contribution < 1.29 is 17.9 Å². The second-order valence-corrected chi connectivity index (χ2v) is 10.9. The third kappa shape index (κ3) is 7.82. The van der Waals surface area contributed by atoms with Crippen LogP contribution in [-0.4, -0.2) is 50.2 Å². The maximum Gasteiger partial charge on any atom is 0.232 e. The Labute approximate surface area is 180 Å². The largest absolute Gasteiger partial charge is 0.497 e. The van der Waals surface area contributed by atoms with Gasteiger partial charge in [-0.2, -0.15) is 0 Å². The number of nitrogens with zero attached hydrogens (tertiary/aromatic N) is 3. The smallest absolute Gasteiger partial charge is 0.232 e. The summed E-state index contributed by atoms with van der Waals surface area (Å²) in [4.78, 5) is 12.2. The van der Waals surface area contributed by atoms with Gasteiger partial charge in [0.2, 0.25) is 21.1 Å². The van der Waals surface area contributed by atoms with Gasteiger partial charge >= 0.3 is 0 Å². The fourth-order valence-corrected chi connectivity index (χ4v) is 5.08. The summed E-state index contributed by atoms with van der Waals surface area (Å²) in [6.07, 6.45) is 1.68. The fraction of sp³-hybridized carbons (Fsp3) is 0.500. The first-order valence-electron chi connectivity index (χ1n) is 9.07. The Kier molecular flexibility index (Phi) is 8.72. The van der Waals surface area contributed by atoms with Crippen molar-refractivity contribution in [3.8, 4) is 5.75 Å². The number of ether oxygens (including phenoxy) is 1. The van der Waals surface area contributed by atoms with Crippen LogP contribution in [0.15, 0.2) is 28.6 Å². The average Bonchev–Trinajstić information content (AvgIpc) is 3.10. The van der Waals surface area contributed by atoms with E-state index in [1.807, 2.05) is 0 Å². The van der Waals surface area contributed by atoms with Crippen molar-refractivity contribution in [2.24, 2.45) is 5.92 Å². The predicted molar refractivity (Wildman–Crippen MR) is 119 cm³/mol. The van der Waals surface area contributed by atoms with E-state index < -0.39 is 10.0 Å². The Morgan fingerprint density at radius 1 is 1.34 bits per heavy atom. The molecule has 2 aromatic rings. The minimum absolute atomic E-state index is 0.171. The molecule has 0 fully saturated rings. The Hall–Kier alpha value is -1.85. The van der Waals surface area contributed by atoms with E-state index in [9.17, 15) is 13.2 Å². The van der Waals surface area contributed by atoms with Crippen molar-refractivity contribution in [3.63, 3.8) is 0 Å². The molecule has 0 atom stereocenters. The number of nitrogens with one attached hydrogen (secondary N) is 1. The highest BCUT2D eigenvalue weighted by atomic mass is 32.2. The minimum Gasteiger partial charge on any atom is -0.497 e. The Bertz CT molecular complexity index is 915. The molecule has 11 heteroatoms.